The van der Waals surface area contributed by atoms with Crippen molar-refractivity contribution in [3.05, 3.63) is 35.9 Å². The first-order valence-corrected chi connectivity index (χ1v) is 2.35. The summed E-state index contributed by atoms with van der Waals surface area (Å²) in [6.07, 6.45) is 0. The monoisotopic (exact) mass is 112 g/mol. The standard InChI is InChI=1S/C7H7F/c8-6-7-4-2-1-3-5-7/h1-5H,6H2/i6D2. The van der Waals surface area contributed by atoms with E-state index in [-0.39, 0.29) is 5.56 Å². The van der Waals surface area contributed by atoms with E-state index in [2.05, 4.69) is 0 Å². The van der Waals surface area contributed by atoms with E-state index in [1.54, 1.807) is 18.2 Å². The lowest BCUT2D eigenvalue weighted by atomic mass is 10.2. The Bertz CT molecular complexity index is 203. The zero-order valence-corrected chi connectivity index (χ0v) is 4.26. The van der Waals surface area contributed by atoms with Crippen LogP contribution < -0.4 is 0 Å². The Labute approximate surface area is 50.8 Å². The molecule has 1 aromatic rings. The summed E-state index contributed by atoms with van der Waals surface area (Å²) in [5.41, 5.74) is 0.0648. The summed E-state index contributed by atoms with van der Waals surface area (Å²) in [6.45, 7) is -2.71. The van der Waals surface area contributed by atoms with Gasteiger partial charge in [0.05, 0.1) is 2.74 Å². The van der Waals surface area contributed by atoms with Crippen molar-refractivity contribution in [3.8, 4) is 0 Å². The van der Waals surface area contributed by atoms with Crippen LogP contribution in [0.5, 0.6) is 0 Å². The van der Waals surface area contributed by atoms with Crippen molar-refractivity contribution in [1.29, 1.82) is 0 Å². The minimum atomic E-state index is -2.71. The summed E-state index contributed by atoms with van der Waals surface area (Å²) < 4.78 is 25.8. The number of benzene rings is 1. The van der Waals surface area contributed by atoms with Crippen LogP contribution in [0.1, 0.15) is 8.30 Å². The second-order valence-electron chi connectivity index (χ2n) is 1.46. The normalized spacial score (nSPS) is 14.6. The first-order chi connectivity index (χ1) is 4.61. The van der Waals surface area contributed by atoms with E-state index >= 15 is 0 Å². The molecule has 8 heavy (non-hydrogen) atoms. The molecule has 0 aliphatic heterocycles. The van der Waals surface area contributed by atoms with Crippen LogP contribution in [0.25, 0.3) is 0 Å². The van der Waals surface area contributed by atoms with Gasteiger partial charge in [-0.15, -0.1) is 0 Å². The lowest BCUT2D eigenvalue weighted by Crippen LogP contribution is -1.72. The summed E-state index contributed by atoms with van der Waals surface area (Å²) in [6, 6.07) is 7.76. The van der Waals surface area contributed by atoms with Gasteiger partial charge < -0.3 is 0 Å². The highest BCUT2D eigenvalue weighted by atomic mass is 19.1. The summed E-state index contributed by atoms with van der Waals surface area (Å²) >= 11 is 0. The van der Waals surface area contributed by atoms with Gasteiger partial charge in [-0.3, -0.25) is 0 Å². The molecule has 0 fully saturated rings. The molecule has 0 bridgehead atoms. The molecule has 0 aromatic heterocycles. The number of halogens is 1. The molecule has 0 nitrogen and oxygen atoms in total. The van der Waals surface area contributed by atoms with Crippen LogP contribution in [0, 0.1) is 0 Å². The highest BCUT2D eigenvalue weighted by Crippen LogP contribution is 1.98. The van der Waals surface area contributed by atoms with Gasteiger partial charge in [-0.1, -0.05) is 30.3 Å². The second kappa shape index (κ2) is 2.46. The number of hydrogen-bond acceptors (Lipinski definition) is 0. The first-order valence-electron chi connectivity index (χ1n) is 3.35. The predicted octanol–water partition coefficient (Wildman–Crippen LogP) is 2.16. The molecule has 0 N–H and O–H groups in total. The third-order valence-corrected chi connectivity index (χ3v) is 0.883. The molecular formula is C7H7F. The quantitative estimate of drug-likeness (QED) is 0.522. The van der Waals surface area contributed by atoms with Crippen molar-refractivity contribution < 1.29 is 7.13 Å². The maximum atomic E-state index is 12.5. The minimum Gasteiger partial charge on any atom is -0.246 e. The average molecular weight is 112 g/mol. The fourth-order valence-electron chi connectivity index (χ4n) is 0.501. The molecule has 0 saturated heterocycles. The van der Waals surface area contributed by atoms with Gasteiger partial charge in [0.1, 0.15) is 6.63 Å². The van der Waals surface area contributed by atoms with Crippen LogP contribution in [0.4, 0.5) is 4.39 Å². The van der Waals surface area contributed by atoms with Gasteiger partial charge in [-0.05, 0) is 5.56 Å². The van der Waals surface area contributed by atoms with Crippen LogP contribution in [0.2, 0.25) is 0 Å². The van der Waals surface area contributed by atoms with Crippen molar-refractivity contribution >= 4 is 0 Å². The minimum absolute atomic E-state index is 0.0648. The van der Waals surface area contributed by atoms with Gasteiger partial charge in [0.15, 0.2) is 0 Å². The molecule has 42 valence electrons. The third-order valence-electron chi connectivity index (χ3n) is 0.883. The smallest absolute Gasteiger partial charge is 0.115 e. The number of hydrogen-bond donors (Lipinski definition) is 0. The zero-order valence-electron chi connectivity index (χ0n) is 6.26. The SMILES string of the molecule is [2H]C([2H])(F)c1ccccc1. The van der Waals surface area contributed by atoms with E-state index in [1.807, 2.05) is 0 Å². The molecule has 0 aliphatic carbocycles. The summed E-state index contributed by atoms with van der Waals surface area (Å²) in [5.74, 6) is 0. The molecule has 0 spiro atoms. The molecule has 0 aliphatic rings. The molecule has 1 heteroatoms. The Morgan fingerprint density at radius 2 is 2.00 bits per heavy atom. The van der Waals surface area contributed by atoms with Crippen LogP contribution in [0.3, 0.4) is 0 Å². The molecule has 0 amide bonds. The van der Waals surface area contributed by atoms with Gasteiger partial charge in [0.25, 0.3) is 0 Å². The molecule has 0 heterocycles. The van der Waals surface area contributed by atoms with Gasteiger partial charge >= 0.3 is 0 Å². The van der Waals surface area contributed by atoms with E-state index < -0.39 is 6.63 Å². The highest BCUT2D eigenvalue weighted by molar-refractivity contribution is 5.13. The van der Waals surface area contributed by atoms with Crippen LogP contribution in [0.15, 0.2) is 30.3 Å². The van der Waals surface area contributed by atoms with Gasteiger partial charge in [0, 0.05) is 0 Å². The molecule has 1 rings (SSSR count). The largest absolute Gasteiger partial charge is 0.246 e. The fourth-order valence-corrected chi connectivity index (χ4v) is 0.501. The van der Waals surface area contributed by atoms with E-state index in [0.29, 0.717) is 0 Å². The maximum absolute atomic E-state index is 12.5. The van der Waals surface area contributed by atoms with Gasteiger partial charge in [-0.2, -0.15) is 0 Å². The van der Waals surface area contributed by atoms with E-state index in [1.165, 1.54) is 12.1 Å². The Morgan fingerprint density at radius 1 is 1.38 bits per heavy atom. The summed E-state index contributed by atoms with van der Waals surface area (Å²) in [7, 11) is 0. The van der Waals surface area contributed by atoms with Crippen LogP contribution >= 0.6 is 0 Å². The van der Waals surface area contributed by atoms with Crippen LogP contribution in [-0.4, -0.2) is 0 Å². The van der Waals surface area contributed by atoms with Gasteiger partial charge in [0.2, 0.25) is 0 Å². The maximum Gasteiger partial charge on any atom is 0.115 e. The van der Waals surface area contributed by atoms with E-state index in [4.69, 9.17) is 2.74 Å². The Kier molecular flexibility index (Phi) is 0.992. The lowest BCUT2D eigenvalue weighted by Gasteiger charge is -1.87. The molecule has 0 unspecified atom stereocenters. The van der Waals surface area contributed by atoms with Crippen molar-refractivity contribution in [3.63, 3.8) is 0 Å². The number of alkyl halides is 1. The van der Waals surface area contributed by atoms with Crippen molar-refractivity contribution in [2.45, 2.75) is 6.63 Å². The van der Waals surface area contributed by atoms with Crippen molar-refractivity contribution in [2.24, 2.45) is 0 Å². The van der Waals surface area contributed by atoms with Crippen molar-refractivity contribution in [1.82, 2.24) is 0 Å². The molecular weight excluding hydrogens is 103 g/mol. The highest BCUT2D eigenvalue weighted by Gasteiger charge is 1.82. The summed E-state index contributed by atoms with van der Waals surface area (Å²) in [5, 5.41) is 0. The Morgan fingerprint density at radius 3 is 2.38 bits per heavy atom. The topological polar surface area (TPSA) is 0 Å². The second-order valence-corrected chi connectivity index (χ2v) is 1.46. The number of rotatable bonds is 1. The lowest BCUT2D eigenvalue weighted by molar-refractivity contribution is 0.485. The Hall–Kier alpha value is -0.850. The van der Waals surface area contributed by atoms with E-state index in [0.717, 1.165) is 0 Å². The van der Waals surface area contributed by atoms with E-state index in [9.17, 15) is 4.39 Å². The summed E-state index contributed by atoms with van der Waals surface area (Å²) in [4.78, 5) is 0. The molecule has 0 saturated carbocycles. The Balaban J connectivity index is 2.97. The molecule has 0 atom stereocenters. The fraction of sp³-hybridized carbons (Fsp3) is 0.143. The molecule has 1 aromatic carbocycles. The predicted molar refractivity (Wildman–Crippen MR) is 31.3 cm³/mol. The zero-order chi connectivity index (χ0) is 7.61. The first kappa shape index (κ1) is 3.23. The molecule has 0 radical (unpaired) electrons. The van der Waals surface area contributed by atoms with Crippen molar-refractivity contribution in [2.75, 3.05) is 0 Å². The van der Waals surface area contributed by atoms with Crippen LogP contribution in [-0.2, 0) is 6.63 Å². The third kappa shape index (κ3) is 1.06. The van der Waals surface area contributed by atoms with Gasteiger partial charge in [-0.25, -0.2) is 4.39 Å². The average Bonchev–Trinajstić information content (AvgIpc) is 1.88.